The van der Waals surface area contributed by atoms with Gasteiger partial charge in [-0.2, -0.15) is 0 Å². The summed E-state index contributed by atoms with van der Waals surface area (Å²) >= 11 is 1.13. The maximum atomic E-state index is 13.6. The van der Waals surface area contributed by atoms with Crippen LogP contribution < -0.4 is 0 Å². The van der Waals surface area contributed by atoms with Gasteiger partial charge in [-0.15, -0.1) is 11.3 Å². The molecule has 2 nitrogen and oxygen atoms in total. The first-order valence-corrected chi connectivity index (χ1v) is 5.63. The minimum atomic E-state index is -0.962. The lowest BCUT2D eigenvalue weighted by molar-refractivity contribution is 0.0607. The van der Waals surface area contributed by atoms with Crippen LogP contribution >= 0.6 is 11.3 Å². The molecule has 0 fully saturated rings. The number of esters is 1. The van der Waals surface area contributed by atoms with Gasteiger partial charge in [-0.1, -0.05) is 12.1 Å². The minimum absolute atomic E-state index is 0.0617. The normalized spacial score (nSPS) is 10.3. The quantitative estimate of drug-likeness (QED) is 0.767. The molecule has 0 amide bonds. The summed E-state index contributed by atoms with van der Waals surface area (Å²) in [5.41, 5.74) is 0.408. The Labute approximate surface area is 100 Å². The van der Waals surface area contributed by atoms with Crippen molar-refractivity contribution < 1.29 is 18.3 Å². The highest BCUT2D eigenvalue weighted by atomic mass is 32.1. The van der Waals surface area contributed by atoms with Gasteiger partial charge in [0.1, 0.15) is 4.88 Å². The van der Waals surface area contributed by atoms with Crippen molar-refractivity contribution >= 4 is 17.3 Å². The van der Waals surface area contributed by atoms with Gasteiger partial charge in [-0.05, 0) is 17.5 Å². The third-order valence-electron chi connectivity index (χ3n) is 2.28. The van der Waals surface area contributed by atoms with E-state index in [0.717, 1.165) is 17.4 Å². The highest BCUT2D eigenvalue weighted by molar-refractivity contribution is 7.12. The van der Waals surface area contributed by atoms with Gasteiger partial charge in [-0.25, -0.2) is 13.6 Å². The van der Waals surface area contributed by atoms with Crippen LogP contribution in [0.2, 0.25) is 0 Å². The van der Waals surface area contributed by atoms with Gasteiger partial charge in [0.25, 0.3) is 0 Å². The van der Waals surface area contributed by atoms with Crippen molar-refractivity contribution in [2.24, 2.45) is 0 Å². The molecule has 17 heavy (non-hydrogen) atoms. The second-order valence-corrected chi connectivity index (χ2v) is 4.17. The van der Waals surface area contributed by atoms with Crippen LogP contribution in [-0.4, -0.2) is 13.1 Å². The first-order chi connectivity index (χ1) is 8.15. The number of hydrogen-bond donors (Lipinski definition) is 0. The highest BCUT2D eigenvalue weighted by Gasteiger charge is 2.18. The lowest BCUT2D eigenvalue weighted by Gasteiger charge is -2.04. The van der Waals surface area contributed by atoms with E-state index in [2.05, 4.69) is 4.74 Å². The Bertz CT molecular complexity index is 563. The molecule has 0 unspecified atom stereocenters. The second-order valence-electron chi connectivity index (χ2n) is 3.26. The van der Waals surface area contributed by atoms with Gasteiger partial charge in [0.05, 0.1) is 7.11 Å². The van der Waals surface area contributed by atoms with Crippen molar-refractivity contribution in [2.75, 3.05) is 7.11 Å². The Morgan fingerprint density at radius 3 is 2.71 bits per heavy atom. The number of carbonyl (C=O) groups excluding carboxylic acids is 1. The number of thiophene rings is 1. The largest absolute Gasteiger partial charge is 0.465 e. The van der Waals surface area contributed by atoms with Crippen LogP contribution in [0.3, 0.4) is 0 Å². The fourth-order valence-electron chi connectivity index (χ4n) is 1.48. The average Bonchev–Trinajstić information content (AvgIpc) is 2.80. The Kier molecular flexibility index (Phi) is 3.19. The van der Waals surface area contributed by atoms with Crippen molar-refractivity contribution in [1.82, 2.24) is 0 Å². The number of methoxy groups -OCH3 is 1. The second kappa shape index (κ2) is 4.63. The Morgan fingerprint density at radius 2 is 2.00 bits per heavy atom. The molecule has 0 atom stereocenters. The standard InChI is InChI=1S/C12H8F2O2S/c1-16-12(15)11-8(5-6-17-11)7-3-2-4-9(13)10(7)14/h2-6H,1H3. The van der Waals surface area contributed by atoms with Crippen molar-refractivity contribution in [2.45, 2.75) is 0 Å². The molecule has 0 N–H and O–H groups in total. The smallest absolute Gasteiger partial charge is 0.348 e. The van der Waals surface area contributed by atoms with E-state index in [-0.39, 0.29) is 10.4 Å². The number of hydrogen-bond acceptors (Lipinski definition) is 3. The number of carbonyl (C=O) groups is 1. The van der Waals surface area contributed by atoms with Crippen LogP contribution in [0.25, 0.3) is 11.1 Å². The molecule has 1 aromatic carbocycles. The monoisotopic (exact) mass is 254 g/mol. The topological polar surface area (TPSA) is 26.3 Å². The molecule has 0 saturated carbocycles. The van der Waals surface area contributed by atoms with Gasteiger partial charge in [0.15, 0.2) is 11.6 Å². The molecule has 0 spiro atoms. The molecule has 0 saturated heterocycles. The summed E-state index contributed by atoms with van der Waals surface area (Å²) in [6.07, 6.45) is 0. The third kappa shape index (κ3) is 2.06. The Hall–Kier alpha value is -1.75. The molecular formula is C12H8F2O2S. The van der Waals surface area contributed by atoms with Gasteiger partial charge in [0, 0.05) is 11.1 Å². The predicted molar refractivity (Wildman–Crippen MR) is 61.0 cm³/mol. The first-order valence-electron chi connectivity index (χ1n) is 4.75. The molecule has 1 aromatic heterocycles. The number of rotatable bonds is 2. The first kappa shape index (κ1) is 11.7. The summed E-state index contributed by atoms with van der Waals surface area (Å²) in [6.45, 7) is 0. The van der Waals surface area contributed by atoms with Crippen molar-refractivity contribution in [3.05, 3.63) is 46.2 Å². The third-order valence-corrected chi connectivity index (χ3v) is 3.17. The van der Waals surface area contributed by atoms with E-state index in [4.69, 9.17) is 0 Å². The van der Waals surface area contributed by atoms with E-state index < -0.39 is 17.6 Å². The summed E-state index contributed by atoms with van der Waals surface area (Å²) in [5.74, 6) is -2.46. The maximum absolute atomic E-state index is 13.6. The Morgan fingerprint density at radius 1 is 1.24 bits per heavy atom. The molecule has 1 heterocycles. The van der Waals surface area contributed by atoms with Crippen molar-refractivity contribution in [3.63, 3.8) is 0 Å². The molecule has 2 rings (SSSR count). The molecule has 0 aliphatic heterocycles. The fraction of sp³-hybridized carbons (Fsp3) is 0.0833. The molecule has 0 aliphatic carbocycles. The zero-order chi connectivity index (χ0) is 12.4. The molecule has 88 valence electrons. The van der Waals surface area contributed by atoms with Gasteiger partial charge in [-0.3, -0.25) is 0 Å². The van der Waals surface area contributed by atoms with E-state index in [0.29, 0.717) is 5.56 Å². The van der Waals surface area contributed by atoms with E-state index in [1.165, 1.54) is 19.2 Å². The molecule has 2 aromatic rings. The molecular weight excluding hydrogens is 246 g/mol. The van der Waals surface area contributed by atoms with Crippen LogP contribution in [-0.2, 0) is 4.74 Å². The maximum Gasteiger partial charge on any atom is 0.348 e. The lowest BCUT2D eigenvalue weighted by Crippen LogP contribution is -2.00. The van der Waals surface area contributed by atoms with Crippen LogP contribution in [0.1, 0.15) is 9.67 Å². The van der Waals surface area contributed by atoms with E-state index in [1.807, 2.05) is 0 Å². The molecule has 5 heteroatoms. The summed E-state index contributed by atoms with van der Waals surface area (Å²) in [6, 6.07) is 5.41. The Balaban J connectivity index is 2.58. The molecule has 0 aliphatic rings. The number of halogens is 2. The fourth-order valence-corrected chi connectivity index (χ4v) is 2.31. The average molecular weight is 254 g/mol. The van der Waals surface area contributed by atoms with Crippen molar-refractivity contribution in [3.8, 4) is 11.1 Å². The van der Waals surface area contributed by atoms with Crippen LogP contribution in [0.4, 0.5) is 8.78 Å². The van der Waals surface area contributed by atoms with Crippen LogP contribution in [0, 0.1) is 11.6 Å². The van der Waals surface area contributed by atoms with Crippen LogP contribution in [0.5, 0.6) is 0 Å². The van der Waals surface area contributed by atoms with Gasteiger partial charge < -0.3 is 4.74 Å². The number of benzene rings is 1. The summed E-state index contributed by atoms with van der Waals surface area (Å²) in [7, 11) is 1.24. The van der Waals surface area contributed by atoms with Crippen LogP contribution in [0.15, 0.2) is 29.6 Å². The van der Waals surface area contributed by atoms with E-state index in [1.54, 1.807) is 11.4 Å². The van der Waals surface area contributed by atoms with Gasteiger partial charge in [0.2, 0.25) is 0 Å². The zero-order valence-corrected chi connectivity index (χ0v) is 9.68. The summed E-state index contributed by atoms with van der Waals surface area (Å²) in [4.78, 5) is 11.7. The van der Waals surface area contributed by atoms with E-state index >= 15 is 0 Å². The summed E-state index contributed by atoms with van der Waals surface area (Å²) in [5, 5.41) is 1.63. The van der Waals surface area contributed by atoms with E-state index in [9.17, 15) is 13.6 Å². The summed E-state index contributed by atoms with van der Waals surface area (Å²) < 4.78 is 31.3. The zero-order valence-electron chi connectivity index (χ0n) is 8.87. The van der Waals surface area contributed by atoms with Gasteiger partial charge >= 0.3 is 5.97 Å². The number of ether oxygens (including phenoxy) is 1. The molecule has 0 radical (unpaired) electrons. The minimum Gasteiger partial charge on any atom is -0.465 e. The molecule has 0 bridgehead atoms. The SMILES string of the molecule is COC(=O)c1sccc1-c1cccc(F)c1F. The predicted octanol–water partition coefficient (Wildman–Crippen LogP) is 3.48. The van der Waals surface area contributed by atoms with Crippen molar-refractivity contribution in [1.29, 1.82) is 0 Å². The lowest BCUT2D eigenvalue weighted by atomic mass is 10.1. The highest BCUT2D eigenvalue weighted by Crippen LogP contribution is 2.31.